The van der Waals surface area contributed by atoms with Crippen molar-refractivity contribution in [3.63, 3.8) is 0 Å². The van der Waals surface area contributed by atoms with E-state index in [1.54, 1.807) is 0 Å². The van der Waals surface area contributed by atoms with Crippen LogP contribution in [0.5, 0.6) is 0 Å². The summed E-state index contributed by atoms with van der Waals surface area (Å²) in [5, 5.41) is 0.233. The molecule has 1 aromatic heterocycles. The third kappa shape index (κ3) is 3.50. The molecule has 1 saturated heterocycles. The number of aromatic nitrogens is 1. The third-order valence-electron chi connectivity index (χ3n) is 4.41. The van der Waals surface area contributed by atoms with Gasteiger partial charge in [0.25, 0.3) is 0 Å². The van der Waals surface area contributed by atoms with Gasteiger partial charge >= 0.3 is 0 Å². The van der Waals surface area contributed by atoms with Crippen LogP contribution in [0.15, 0.2) is 16.7 Å². The second-order valence-corrected chi connectivity index (χ2v) is 12.6. The molecule has 112 valence electrons. The molecule has 0 radical (unpaired) electrons. The molecule has 0 aromatic carbocycles. The first-order valence-electron chi connectivity index (χ1n) is 7.07. The average molecular weight is 358 g/mol. The van der Waals surface area contributed by atoms with Crippen LogP contribution < -0.4 is 0 Å². The Labute approximate surface area is 131 Å². The highest BCUT2D eigenvalue weighted by Crippen LogP contribution is 2.37. The van der Waals surface area contributed by atoms with Crippen LogP contribution in [0.25, 0.3) is 0 Å². The summed E-state index contributed by atoms with van der Waals surface area (Å²) < 4.78 is 12.6. The van der Waals surface area contributed by atoms with E-state index < -0.39 is 8.32 Å². The first kappa shape index (κ1) is 16.1. The average Bonchev–Trinajstić information content (AvgIpc) is 2.26. The molecule has 5 heteroatoms. The molecule has 1 aromatic rings. The van der Waals surface area contributed by atoms with Gasteiger partial charge in [-0.2, -0.15) is 0 Å². The van der Waals surface area contributed by atoms with Gasteiger partial charge in [-0.05, 0) is 45.7 Å². The lowest BCUT2D eigenvalue weighted by molar-refractivity contribution is 0.00664. The van der Waals surface area contributed by atoms with Gasteiger partial charge in [-0.1, -0.05) is 20.8 Å². The molecular weight excluding hydrogens is 334 g/mol. The van der Waals surface area contributed by atoms with Crippen molar-refractivity contribution in [2.24, 2.45) is 0 Å². The zero-order chi connectivity index (χ0) is 15.0. The summed E-state index contributed by atoms with van der Waals surface area (Å²) in [7, 11) is -1.72. The van der Waals surface area contributed by atoms with Crippen LogP contribution in [0.2, 0.25) is 18.1 Å². The summed E-state index contributed by atoms with van der Waals surface area (Å²) in [6.07, 6.45) is 1.89. The molecule has 0 N–H and O–H groups in total. The Kier molecular flexibility index (Phi) is 4.74. The molecule has 3 nitrogen and oxygen atoms in total. The van der Waals surface area contributed by atoms with Crippen LogP contribution in [0.3, 0.4) is 0 Å². The van der Waals surface area contributed by atoms with E-state index in [0.717, 1.165) is 23.4 Å². The number of ether oxygens (including phenoxy) is 1. The second-order valence-electron chi connectivity index (χ2n) is 6.98. The highest BCUT2D eigenvalue weighted by atomic mass is 79.9. The molecular formula is C15H24BrNO2Si. The molecule has 0 spiro atoms. The molecule has 0 aliphatic carbocycles. The van der Waals surface area contributed by atoms with E-state index in [4.69, 9.17) is 9.16 Å². The van der Waals surface area contributed by atoms with Crippen molar-refractivity contribution >= 4 is 24.2 Å². The fourth-order valence-corrected chi connectivity index (χ4v) is 2.99. The molecule has 0 atom stereocenters. The molecule has 20 heavy (non-hydrogen) atoms. The van der Waals surface area contributed by atoms with E-state index in [2.05, 4.69) is 60.8 Å². The number of pyridine rings is 1. The van der Waals surface area contributed by atoms with Gasteiger partial charge in [0.2, 0.25) is 0 Å². The van der Waals surface area contributed by atoms with Crippen molar-refractivity contribution in [2.45, 2.75) is 51.4 Å². The van der Waals surface area contributed by atoms with E-state index in [1.165, 1.54) is 5.56 Å². The maximum absolute atomic E-state index is 6.30. The Morgan fingerprint density at radius 2 is 2.05 bits per heavy atom. The van der Waals surface area contributed by atoms with E-state index in [0.29, 0.717) is 12.5 Å². The number of halogens is 1. The highest BCUT2D eigenvalue weighted by molar-refractivity contribution is 9.10. The van der Waals surface area contributed by atoms with Crippen molar-refractivity contribution in [3.8, 4) is 0 Å². The first-order chi connectivity index (χ1) is 9.21. The fraction of sp³-hybridized carbons (Fsp3) is 0.667. The summed E-state index contributed by atoms with van der Waals surface area (Å²) in [5.74, 6) is 0.453. The Bertz CT molecular complexity index is 481. The monoisotopic (exact) mass is 357 g/mol. The summed E-state index contributed by atoms with van der Waals surface area (Å²) in [6, 6.07) is 2.16. The Balaban J connectivity index is 2.09. The standard InChI is InChI=1S/C15H24BrNO2Si/c1-15(2,3)20(4,5)19-10-11-6-14(12-8-18-9-12)17-7-13(11)16/h6-7,12H,8-10H2,1-5H3. The maximum atomic E-state index is 6.30. The fourth-order valence-electron chi connectivity index (χ4n) is 1.71. The quantitative estimate of drug-likeness (QED) is 0.744. The molecule has 2 heterocycles. The minimum atomic E-state index is -1.72. The normalized spacial score (nSPS) is 17.1. The summed E-state index contributed by atoms with van der Waals surface area (Å²) >= 11 is 3.58. The van der Waals surface area contributed by atoms with Gasteiger partial charge in [0.1, 0.15) is 0 Å². The number of hydrogen-bond acceptors (Lipinski definition) is 3. The second kappa shape index (κ2) is 5.87. The lowest BCUT2D eigenvalue weighted by atomic mass is 10.0. The SMILES string of the molecule is CC(C)(C)[Si](C)(C)OCc1cc(C2COC2)ncc1Br. The highest BCUT2D eigenvalue weighted by Gasteiger charge is 2.37. The van der Waals surface area contributed by atoms with Gasteiger partial charge in [0.05, 0.1) is 19.8 Å². The lowest BCUT2D eigenvalue weighted by Gasteiger charge is -2.36. The van der Waals surface area contributed by atoms with Crippen LogP contribution in [0.1, 0.15) is 37.9 Å². The molecule has 0 bridgehead atoms. The van der Waals surface area contributed by atoms with Gasteiger partial charge in [0, 0.05) is 22.3 Å². The minimum absolute atomic E-state index is 0.233. The Morgan fingerprint density at radius 1 is 1.40 bits per heavy atom. The topological polar surface area (TPSA) is 31.4 Å². The summed E-state index contributed by atoms with van der Waals surface area (Å²) in [5.41, 5.74) is 2.31. The van der Waals surface area contributed by atoms with E-state index in [1.807, 2.05) is 6.20 Å². The minimum Gasteiger partial charge on any atom is -0.413 e. The number of rotatable bonds is 4. The van der Waals surface area contributed by atoms with Crippen molar-refractivity contribution < 1.29 is 9.16 Å². The van der Waals surface area contributed by atoms with E-state index in [-0.39, 0.29) is 5.04 Å². The molecule has 2 rings (SSSR count). The van der Waals surface area contributed by atoms with Crippen LogP contribution >= 0.6 is 15.9 Å². The first-order valence-corrected chi connectivity index (χ1v) is 10.8. The van der Waals surface area contributed by atoms with Gasteiger partial charge < -0.3 is 9.16 Å². The van der Waals surface area contributed by atoms with Crippen molar-refractivity contribution in [1.29, 1.82) is 0 Å². The largest absolute Gasteiger partial charge is 0.413 e. The molecule has 1 aliphatic heterocycles. The zero-order valence-corrected chi connectivity index (χ0v) is 15.6. The molecule has 0 amide bonds. The molecule has 1 fully saturated rings. The Morgan fingerprint density at radius 3 is 2.55 bits per heavy atom. The molecule has 1 aliphatic rings. The lowest BCUT2D eigenvalue weighted by Crippen LogP contribution is -2.40. The van der Waals surface area contributed by atoms with Crippen molar-refractivity contribution in [1.82, 2.24) is 4.98 Å². The van der Waals surface area contributed by atoms with Crippen LogP contribution in [0.4, 0.5) is 0 Å². The predicted octanol–water partition coefficient (Wildman–Crippen LogP) is 4.48. The Hall–Kier alpha value is -0.233. The number of hydrogen-bond donors (Lipinski definition) is 0. The molecule has 0 unspecified atom stereocenters. The van der Waals surface area contributed by atoms with Crippen LogP contribution in [-0.2, 0) is 15.8 Å². The van der Waals surface area contributed by atoms with Crippen LogP contribution in [0, 0.1) is 0 Å². The van der Waals surface area contributed by atoms with Gasteiger partial charge in [-0.25, -0.2) is 0 Å². The molecule has 0 saturated carbocycles. The van der Waals surface area contributed by atoms with Crippen LogP contribution in [-0.4, -0.2) is 26.5 Å². The summed E-state index contributed by atoms with van der Waals surface area (Å²) in [4.78, 5) is 4.48. The summed E-state index contributed by atoms with van der Waals surface area (Å²) in [6.45, 7) is 13.6. The number of nitrogens with zero attached hydrogens (tertiary/aromatic N) is 1. The smallest absolute Gasteiger partial charge is 0.192 e. The zero-order valence-electron chi connectivity index (χ0n) is 13.0. The van der Waals surface area contributed by atoms with Gasteiger partial charge in [-0.15, -0.1) is 0 Å². The van der Waals surface area contributed by atoms with Crippen molar-refractivity contribution in [3.05, 3.63) is 28.0 Å². The van der Waals surface area contributed by atoms with Gasteiger partial charge in [0.15, 0.2) is 8.32 Å². The third-order valence-corrected chi connectivity index (χ3v) is 9.60. The van der Waals surface area contributed by atoms with Crippen molar-refractivity contribution in [2.75, 3.05) is 13.2 Å². The van der Waals surface area contributed by atoms with E-state index >= 15 is 0 Å². The predicted molar refractivity (Wildman–Crippen MR) is 87.5 cm³/mol. The van der Waals surface area contributed by atoms with E-state index in [9.17, 15) is 0 Å². The van der Waals surface area contributed by atoms with Gasteiger partial charge in [-0.3, -0.25) is 4.98 Å². The maximum Gasteiger partial charge on any atom is 0.192 e.